The Morgan fingerprint density at radius 1 is 1.27 bits per heavy atom. The van der Waals surface area contributed by atoms with Crippen LogP contribution in [0.2, 0.25) is 10.0 Å². The molecule has 3 amide bonds. The number of benzene rings is 1. The van der Waals surface area contributed by atoms with Gasteiger partial charge in [0.15, 0.2) is 11.6 Å². The molecule has 1 heterocycles. The lowest BCUT2D eigenvalue weighted by Crippen LogP contribution is -2.34. The molecule has 0 saturated heterocycles. The first-order valence-corrected chi connectivity index (χ1v) is 7.08. The van der Waals surface area contributed by atoms with Gasteiger partial charge in [0.2, 0.25) is 0 Å². The molecule has 1 aromatic carbocycles. The average molecular weight is 367 g/mol. The van der Waals surface area contributed by atoms with Gasteiger partial charge in [-0.15, -0.1) is 5.10 Å². The molecular formula is C11H6Cl2F2N4O2S. The Bertz CT molecular complexity index is 769. The standard InChI is InChI=1S/C11H6Cl2F2N4O2S/c1-3-9(22-19-18-3)10(20)17-11(21)16-5-2-4(12)7(14)6(13)8(5)15/h2H,1H3,(H2,16,17,20,21). The van der Waals surface area contributed by atoms with E-state index >= 15 is 0 Å². The van der Waals surface area contributed by atoms with Crippen LogP contribution in [0.15, 0.2) is 6.07 Å². The number of carbonyl (C=O) groups excluding carboxylic acids is 2. The highest BCUT2D eigenvalue weighted by Gasteiger charge is 2.20. The number of imide groups is 1. The number of aromatic nitrogens is 2. The third-order valence-electron chi connectivity index (χ3n) is 2.44. The van der Waals surface area contributed by atoms with E-state index in [0.717, 1.165) is 17.6 Å². The maximum absolute atomic E-state index is 13.7. The number of hydrogen-bond acceptors (Lipinski definition) is 5. The van der Waals surface area contributed by atoms with Crippen molar-refractivity contribution in [1.29, 1.82) is 0 Å². The lowest BCUT2D eigenvalue weighted by Gasteiger charge is -2.09. The van der Waals surface area contributed by atoms with E-state index in [-0.39, 0.29) is 4.88 Å². The molecule has 0 spiro atoms. The summed E-state index contributed by atoms with van der Waals surface area (Å²) in [6.07, 6.45) is 0. The molecule has 2 aromatic rings. The van der Waals surface area contributed by atoms with Crippen LogP contribution in [0.5, 0.6) is 0 Å². The van der Waals surface area contributed by atoms with Crippen molar-refractivity contribution < 1.29 is 18.4 Å². The number of nitrogens with zero attached hydrogens (tertiary/aromatic N) is 2. The fourth-order valence-electron chi connectivity index (χ4n) is 1.42. The van der Waals surface area contributed by atoms with Gasteiger partial charge in [-0.25, -0.2) is 13.6 Å². The number of amides is 3. The fourth-order valence-corrected chi connectivity index (χ4v) is 2.42. The lowest BCUT2D eigenvalue weighted by molar-refractivity contribution is 0.0970. The van der Waals surface area contributed by atoms with Crippen molar-refractivity contribution in [3.8, 4) is 0 Å². The average Bonchev–Trinajstić information content (AvgIpc) is 2.88. The summed E-state index contributed by atoms with van der Waals surface area (Å²) in [5.41, 5.74) is -0.129. The molecule has 0 aliphatic rings. The predicted octanol–water partition coefficient (Wildman–Crippen LogP) is 3.39. The molecule has 0 bridgehead atoms. The van der Waals surface area contributed by atoms with Crippen molar-refractivity contribution >= 4 is 52.4 Å². The molecule has 0 aliphatic carbocycles. The molecular weight excluding hydrogens is 361 g/mol. The van der Waals surface area contributed by atoms with E-state index in [1.807, 2.05) is 10.6 Å². The molecule has 116 valence electrons. The predicted molar refractivity (Wildman–Crippen MR) is 77.5 cm³/mol. The summed E-state index contributed by atoms with van der Waals surface area (Å²) in [5, 5.41) is 6.24. The molecule has 11 heteroatoms. The lowest BCUT2D eigenvalue weighted by atomic mass is 10.3. The second kappa shape index (κ2) is 6.51. The molecule has 6 nitrogen and oxygen atoms in total. The first-order valence-electron chi connectivity index (χ1n) is 5.55. The molecule has 0 atom stereocenters. The van der Waals surface area contributed by atoms with Gasteiger partial charge in [0.1, 0.15) is 9.90 Å². The van der Waals surface area contributed by atoms with Crippen LogP contribution in [0.3, 0.4) is 0 Å². The van der Waals surface area contributed by atoms with Gasteiger partial charge in [-0.3, -0.25) is 10.1 Å². The highest BCUT2D eigenvalue weighted by Crippen LogP contribution is 2.31. The normalized spacial score (nSPS) is 10.4. The number of nitrogens with one attached hydrogen (secondary N) is 2. The first kappa shape index (κ1) is 16.5. The Hall–Kier alpha value is -1.84. The van der Waals surface area contributed by atoms with Crippen LogP contribution in [0.4, 0.5) is 19.3 Å². The van der Waals surface area contributed by atoms with Crippen molar-refractivity contribution in [2.45, 2.75) is 6.92 Å². The summed E-state index contributed by atoms with van der Waals surface area (Å²) in [6, 6.07) is -0.211. The highest BCUT2D eigenvalue weighted by molar-refractivity contribution is 7.08. The van der Waals surface area contributed by atoms with Crippen molar-refractivity contribution in [3.05, 3.63) is 38.3 Å². The van der Waals surface area contributed by atoms with E-state index in [2.05, 4.69) is 9.59 Å². The number of urea groups is 1. The molecule has 22 heavy (non-hydrogen) atoms. The summed E-state index contributed by atoms with van der Waals surface area (Å²) in [7, 11) is 0. The number of rotatable bonds is 2. The molecule has 0 fully saturated rings. The third-order valence-corrected chi connectivity index (χ3v) is 3.87. The van der Waals surface area contributed by atoms with E-state index in [4.69, 9.17) is 23.2 Å². The van der Waals surface area contributed by atoms with Crippen molar-refractivity contribution in [3.63, 3.8) is 0 Å². The summed E-state index contributed by atoms with van der Waals surface area (Å²) < 4.78 is 30.5. The Morgan fingerprint density at radius 3 is 2.55 bits per heavy atom. The minimum atomic E-state index is -1.21. The van der Waals surface area contributed by atoms with E-state index in [9.17, 15) is 18.4 Å². The van der Waals surface area contributed by atoms with Gasteiger partial charge in [0.25, 0.3) is 5.91 Å². The van der Waals surface area contributed by atoms with Gasteiger partial charge < -0.3 is 5.32 Å². The van der Waals surface area contributed by atoms with Crippen LogP contribution >= 0.6 is 34.7 Å². The van der Waals surface area contributed by atoms with Crippen LogP contribution < -0.4 is 10.6 Å². The van der Waals surface area contributed by atoms with Crippen LogP contribution in [0.25, 0.3) is 0 Å². The zero-order valence-corrected chi connectivity index (χ0v) is 13.0. The number of carbonyl (C=O) groups is 2. The van der Waals surface area contributed by atoms with E-state index in [1.165, 1.54) is 6.92 Å². The largest absolute Gasteiger partial charge is 0.326 e. The van der Waals surface area contributed by atoms with E-state index < -0.39 is 39.3 Å². The smallest absolute Gasteiger partial charge is 0.305 e. The van der Waals surface area contributed by atoms with Gasteiger partial charge in [0.05, 0.1) is 16.4 Å². The Balaban J connectivity index is 2.13. The molecule has 1 aromatic heterocycles. The maximum atomic E-state index is 13.7. The Kier molecular flexibility index (Phi) is 4.89. The topological polar surface area (TPSA) is 84.0 Å². The summed E-state index contributed by atoms with van der Waals surface area (Å²) in [5.74, 6) is -3.11. The highest BCUT2D eigenvalue weighted by atomic mass is 35.5. The Morgan fingerprint density at radius 2 is 1.95 bits per heavy atom. The molecule has 0 saturated carbocycles. The van der Waals surface area contributed by atoms with Crippen molar-refractivity contribution in [2.75, 3.05) is 5.32 Å². The zero-order chi connectivity index (χ0) is 16.4. The third kappa shape index (κ3) is 3.32. The van der Waals surface area contributed by atoms with Gasteiger partial charge in [-0.05, 0) is 24.5 Å². The number of halogens is 4. The number of anilines is 1. The second-order valence-corrected chi connectivity index (χ2v) is 5.48. The number of hydrogen-bond donors (Lipinski definition) is 2. The quantitative estimate of drug-likeness (QED) is 0.630. The second-order valence-electron chi connectivity index (χ2n) is 3.94. The number of aryl methyl sites for hydroxylation is 1. The molecule has 0 aliphatic heterocycles. The van der Waals surface area contributed by atoms with E-state index in [0.29, 0.717) is 5.69 Å². The Labute approximate surface area is 136 Å². The summed E-state index contributed by atoms with van der Waals surface area (Å²) >= 11 is 11.7. The zero-order valence-electron chi connectivity index (χ0n) is 10.7. The molecule has 2 rings (SSSR count). The van der Waals surface area contributed by atoms with Crippen LogP contribution in [0.1, 0.15) is 15.4 Å². The van der Waals surface area contributed by atoms with Gasteiger partial charge in [-0.1, -0.05) is 27.7 Å². The van der Waals surface area contributed by atoms with Gasteiger partial charge in [-0.2, -0.15) is 0 Å². The molecule has 0 unspecified atom stereocenters. The molecule has 2 N–H and O–H groups in total. The monoisotopic (exact) mass is 366 g/mol. The first-order chi connectivity index (χ1) is 10.3. The van der Waals surface area contributed by atoms with Crippen molar-refractivity contribution in [2.24, 2.45) is 0 Å². The van der Waals surface area contributed by atoms with Gasteiger partial charge in [0, 0.05) is 0 Å². The van der Waals surface area contributed by atoms with Crippen LogP contribution in [-0.2, 0) is 0 Å². The summed E-state index contributed by atoms with van der Waals surface area (Å²) in [4.78, 5) is 23.5. The van der Waals surface area contributed by atoms with Crippen molar-refractivity contribution in [1.82, 2.24) is 14.9 Å². The minimum absolute atomic E-state index is 0.130. The summed E-state index contributed by atoms with van der Waals surface area (Å²) in [6.45, 7) is 1.54. The molecule has 0 radical (unpaired) electrons. The SMILES string of the molecule is Cc1nnsc1C(=O)NC(=O)Nc1cc(Cl)c(F)c(Cl)c1F. The van der Waals surface area contributed by atoms with Crippen LogP contribution in [-0.4, -0.2) is 21.5 Å². The maximum Gasteiger partial charge on any atom is 0.326 e. The van der Waals surface area contributed by atoms with Crippen LogP contribution in [0, 0.1) is 18.6 Å². The van der Waals surface area contributed by atoms with Gasteiger partial charge >= 0.3 is 6.03 Å². The minimum Gasteiger partial charge on any atom is -0.305 e. The van der Waals surface area contributed by atoms with E-state index in [1.54, 1.807) is 0 Å². The fraction of sp³-hybridized carbons (Fsp3) is 0.0909.